The average Bonchev–Trinajstić information content (AvgIpc) is 2.95. The Morgan fingerprint density at radius 3 is 2.26 bits per heavy atom. The van der Waals surface area contributed by atoms with Crippen molar-refractivity contribution in [3.8, 4) is 0 Å². The number of carbonyl (C=O) groups is 3. The lowest BCUT2D eigenvalue weighted by molar-refractivity contribution is -0.114. The van der Waals surface area contributed by atoms with E-state index in [1.54, 1.807) is 66.7 Å². The lowest BCUT2D eigenvalue weighted by atomic mass is 10.1. The SMILES string of the molecule is O=C(CSc1ccc(NC(=O)/C(=C/c2ccc(Br)cc2)NC(=O)c2ccccc2)cc1)Nc1ccc(Cl)cn1. The van der Waals surface area contributed by atoms with E-state index < -0.39 is 11.8 Å². The molecular formula is C29H22BrClN4O3S. The van der Waals surface area contributed by atoms with Gasteiger partial charge in [0.1, 0.15) is 11.5 Å². The van der Waals surface area contributed by atoms with Gasteiger partial charge in [-0.25, -0.2) is 4.98 Å². The number of thioether (sulfide) groups is 1. The fourth-order valence-corrected chi connectivity index (χ4v) is 4.35. The van der Waals surface area contributed by atoms with Crippen molar-refractivity contribution in [3.63, 3.8) is 0 Å². The molecule has 0 unspecified atom stereocenters. The molecule has 4 aromatic rings. The maximum absolute atomic E-state index is 13.2. The van der Waals surface area contributed by atoms with Gasteiger partial charge in [0, 0.05) is 26.8 Å². The van der Waals surface area contributed by atoms with Crippen LogP contribution in [0.3, 0.4) is 0 Å². The molecule has 0 radical (unpaired) electrons. The molecule has 0 aliphatic rings. The summed E-state index contributed by atoms with van der Waals surface area (Å²) in [6.07, 6.45) is 3.07. The predicted molar refractivity (Wildman–Crippen MR) is 160 cm³/mol. The smallest absolute Gasteiger partial charge is 0.272 e. The van der Waals surface area contributed by atoms with Crippen LogP contribution in [-0.4, -0.2) is 28.5 Å². The number of hydrogen-bond donors (Lipinski definition) is 3. The molecule has 0 atom stereocenters. The minimum Gasteiger partial charge on any atom is -0.321 e. The van der Waals surface area contributed by atoms with E-state index in [1.807, 2.05) is 30.3 Å². The molecule has 0 spiro atoms. The van der Waals surface area contributed by atoms with Gasteiger partial charge in [0.05, 0.1) is 10.8 Å². The van der Waals surface area contributed by atoms with Gasteiger partial charge in [-0.3, -0.25) is 14.4 Å². The number of nitrogens with one attached hydrogen (secondary N) is 3. The fraction of sp³-hybridized carbons (Fsp3) is 0.0345. The standard InChI is InChI=1S/C29H22BrClN4O3S/c30-21-8-6-19(7-9-21)16-25(34-28(37)20-4-2-1-3-5-20)29(38)33-23-11-13-24(14-12-23)39-18-27(36)35-26-15-10-22(31)17-32-26/h1-17H,18H2,(H,33,38)(H,34,37)(H,32,35,36)/b25-16-. The highest BCUT2D eigenvalue weighted by Crippen LogP contribution is 2.21. The predicted octanol–water partition coefficient (Wildman–Crippen LogP) is 6.64. The summed E-state index contributed by atoms with van der Waals surface area (Å²) < 4.78 is 0.899. The second-order valence-electron chi connectivity index (χ2n) is 8.11. The van der Waals surface area contributed by atoms with Crippen molar-refractivity contribution in [2.75, 3.05) is 16.4 Å². The van der Waals surface area contributed by atoms with E-state index in [2.05, 4.69) is 36.9 Å². The van der Waals surface area contributed by atoms with Crippen molar-refractivity contribution >= 4 is 74.6 Å². The van der Waals surface area contributed by atoms with Crippen molar-refractivity contribution < 1.29 is 14.4 Å². The van der Waals surface area contributed by atoms with E-state index in [0.29, 0.717) is 22.1 Å². The fourth-order valence-electron chi connectivity index (χ4n) is 3.28. The van der Waals surface area contributed by atoms with Crippen LogP contribution in [0.1, 0.15) is 15.9 Å². The third-order valence-corrected chi connectivity index (χ3v) is 6.95. The quantitative estimate of drug-likeness (QED) is 0.144. The van der Waals surface area contributed by atoms with Gasteiger partial charge in [-0.05, 0) is 72.3 Å². The summed E-state index contributed by atoms with van der Waals surface area (Å²) in [5.41, 5.74) is 1.81. The number of benzene rings is 3. The number of aromatic nitrogens is 1. The minimum absolute atomic E-state index is 0.0945. The highest BCUT2D eigenvalue weighted by molar-refractivity contribution is 9.10. The second kappa shape index (κ2) is 13.7. The topological polar surface area (TPSA) is 100 Å². The Hall–Kier alpha value is -3.92. The molecule has 3 aromatic carbocycles. The van der Waals surface area contributed by atoms with Gasteiger partial charge >= 0.3 is 0 Å². The van der Waals surface area contributed by atoms with Crippen molar-refractivity contribution in [1.82, 2.24) is 10.3 Å². The molecular weight excluding hydrogens is 600 g/mol. The molecule has 0 aliphatic carbocycles. The van der Waals surface area contributed by atoms with Gasteiger partial charge < -0.3 is 16.0 Å². The summed E-state index contributed by atoms with van der Waals surface area (Å²) in [5, 5.41) is 8.74. The van der Waals surface area contributed by atoms with Gasteiger partial charge in [0.2, 0.25) is 5.91 Å². The second-order valence-corrected chi connectivity index (χ2v) is 10.5. The van der Waals surface area contributed by atoms with Crippen molar-refractivity contribution in [2.45, 2.75) is 4.90 Å². The molecule has 1 aromatic heterocycles. The molecule has 10 heteroatoms. The average molecular weight is 622 g/mol. The zero-order chi connectivity index (χ0) is 27.6. The Balaban J connectivity index is 1.39. The highest BCUT2D eigenvalue weighted by Gasteiger charge is 2.15. The van der Waals surface area contributed by atoms with Crippen LogP contribution in [-0.2, 0) is 9.59 Å². The summed E-state index contributed by atoms with van der Waals surface area (Å²) in [4.78, 5) is 43.0. The molecule has 0 bridgehead atoms. The monoisotopic (exact) mass is 620 g/mol. The summed E-state index contributed by atoms with van der Waals surface area (Å²) in [5.74, 6) is -0.467. The highest BCUT2D eigenvalue weighted by atomic mass is 79.9. The molecule has 196 valence electrons. The van der Waals surface area contributed by atoms with Crippen LogP contribution < -0.4 is 16.0 Å². The number of rotatable bonds is 9. The molecule has 0 saturated carbocycles. The van der Waals surface area contributed by atoms with Crippen LogP contribution in [0.5, 0.6) is 0 Å². The first-order valence-electron chi connectivity index (χ1n) is 11.6. The zero-order valence-electron chi connectivity index (χ0n) is 20.4. The third kappa shape index (κ3) is 8.81. The number of pyridine rings is 1. The Bertz CT molecular complexity index is 1480. The number of nitrogens with zero attached hydrogens (tertiary/aromatic N) is 1. The van der Waals surface area contributed by atoms with E-state index in [0.717, 1.165) is 14.9 Å². The van der Waals surface area contributed by atoms with Crippen molar-refractivity contribution in [1.29, 1.82) is 0 Å². The van der Waals surface area contributed by atoms with E-state index in [-0.39, 0.29) is 17.4 Å². The van der Waals surface area contributed by atoms with E-state index in [1.165, 1.54) is 18.0 Å². The number of hydrogen-bond acceptors (Lipinski definition) is 5. The van der Waals surface area contributed by atoms with Gasteiger partial charge in [0.15, 0.2) is 0 Å². The first-order chi connectivity index (χ1) is 18.9. The Morgan fingerprint density at radius 1 is 0.872 bits per heavy atom. The summed E-state index contributed by atoms with van der Waals surface area (Å²) >= 11 is 10.6. The first-order valence-corrected chi connectivity index (χ1v) is 13.8. The number of carbonyl (C=O) groups excluding carboxylic acids is 3. The zero-order valence-corrected chi connectivity index (χ0v) is 23.5. The Kier molecular flexibility index (Phi) is 9.91. The molecule has 1 heterocycles. The van der Waals surface area contributed by atoms with E-state index >= 15 is 0 Å². The minimum atomic E-state index is -0.475. The van der Waals surface area contributed by atoms with E-state index in [4.69, 9.17) is 11.6 Å². The molecule has 3 N–H and O–H groups in total. The van der Waals surface area contributed by atoms with Crippen LogP contribution in [0.4, 0.5) is 11.5 Å². The Labute approximate surface area is 243 Å². The summed E-state index contributed by atoms with van der Waals surface area (Å²) in [6, 6.07) is 26.4. The van der Waals surface area contributed by atoms with Crippen molar-refractivity contribution in [3.05, 3.63) is 124 Å². The third-order valence-electron chi connectivity index (χ3n) is 5.19. The van der Waals surface area contributed by atoms with Crippen LogP contribution in [0.2, 0.25) is 5.02 Å². The summed E-state index contributed by atoms with van der Waals surface area (Å²) in [6.45, 7) is 0. The lowest BCUT2D eigenvalue weighted by Crippen LogP contribution is -2.30. The molecule has 0 aliphatic heterocycles. The van der Waals surface area contributed by atoms with Gasteiger partial charge in [0.25, 0.3) is 11.8 Å². The van der Waals surface area contributed by atoms with Gasteiger partial charge in [-0.2, -0.15) is 0 Å². The lowest BCUT2D eigenvalue weighted by Gasteiger charge is -2.12. The maximum atomic E-state index is 13.2. The normalized spacial score (nSPS) is 11.0. The summed E-state index contributed by atoms with van der Waals surface area (Å²) in [7, 11) is 0. The molecule has 7 nitrogen and oxygen atoms in total. The van der Waals surface area contributed by atoms with Crippen LogP contribution in [0.25, 0.3) is 6.08 Å². The van der Waals surface area contributed by atoms with Crippen LogP contribution in [0.15, 0.2) is 112 Å². The molecule has 0 fully saturated rings. The van der Waals surface area contributed by atoms with Crippen LogP contribution >= 0.6 is 39.3 Å². The molecule has 3 amide bonds. The largest absolute Gasteiger partial charge is 0.321 e. The number of halogens is 2. The van der Waals surface area contributed by atoms with Crippen LogP contribution in [0, 0.1) is 0 Å². The molecule has 39 heavy (non-hydrogen) atoms. The van der Waals surface area contributed by atoms with E-state index in [9.17, 15) is 14.4 Å². The van der Waals surface area contributed by atoms with Gasteiger partial charge in [-0.1, -0.05) is 57.9 Å². The number of anilines is 2. The first kappa shape index (κ1) is 28.1. The Morgan fingerprint density at radius 2 is 1.59 bits per heavy atom. The maximum Gasteiger partial charge on any atom is 0.272 e. The van der Waals surface area contributed by atoms with Gasteiger partial charge in [-0.15, -0.1) is 11.8 Å². The molecule has 0 saturated heterocycles. The molecule has 4 rings (SSSR count). The van der Waals surface area contributed by atoms with Crippen molar-refractivity contribution in [2.24, 2.45) is 0 Å². The number of amides is 3.